The molecule has 5 heteroatoms. The van der Waals surface area contributed by atoms with Crippen molar-refractivity contribution < 1.29 is 4.74 Å². The number of nitrogens with one attached hydrogen (secondary N) is 1. The standard InChI is InChI=1S/C16H18Br2N2O/c1-4-19-15(16-13(18)8-11(17)9-20-16)12-7-10(2)5-6-14(12)21-3/h5-9,15,19H,4H2,1-3H3. The quantitative estimate of drug-likeness (QED) is 0.776. The van der Waals surface area contributed by atoms with Gasteiger partial charge in [-0.25, -0.2) is 0 Å². The molecule has 21 heavy (non-hydrogen) atoms. The summed E-state index contributed by atoms with van der Waals surface area (Å²) in [5.41, 5.74) is 3.24. The van der Waals surface area contributed by atoms with Crippen molar-refractivity contribution in [3.05, 3.63) is 56.2 Å². The maximum Gasteiger partial charge on any atom is 0.124 e. The van der Waals surface area contributed by atoms with Gasteiger partial charge in [0.1, 0.15) is 5.75 Å². The van der Waals surface area contributed by atoms with Crippen LogP contribution in [0.2, 0.25) is 0 Å². The lowest BCUT2D eigenvalue weighted by Gasteiger charge is -2.22. The number of methoxy groups -OCH3 is 1. The summed E-state index contributed by atoms with van der Waals surface area (Å²) in [7, 11) is 1.70. The van der Waals surface area contributed by atoms with E-state index in [1.807, 2.05) is 18.3 Å². The van der Waals surface area contributed by atoms with Gasteiger partial charge in [0, 0.05) is 20.7 Å². The number of aromatic nitrogens is 1. The van der Waals surface area contributed by atoms with Crippen LogP contribution < -0.4 is 10.1 Å². The van der Waals surface area contributed by atoms with Crippen molar-refractivity contribution in [2.45, 2.75) is 19.9 Å². The predicted molar refractivity (Wildman–Crippen MR) is 92.9 cm³/mol. The van der Waals surface area contributed by atoms with Crippen LogP contribution in [-0.2, 0) is 0 Å². The maximum atomic E-state index is 5.52. The number of aryl methyl sites for hydroxylation is 1. The molecule has 1 aromatic carbocycles. The van der Waals surface area contributed by atoms with Crippen LogP contribution in [0, 0.1) is 6.92 Å². The fourth-order valence-corrected chi connectivity index (χ4v) is 3.49. The minimum atomic E-state index is -0.0210. The summed E-state index contributed by atoms with van der Waals surface area (Å²) in [4.78, 5) is 4.57. The second kappa shape index (κ2) is 7.38. The Hall–Kier alpha value is -0.910. The summed E-state index contributed by atoms with van der Waals surface area (Å²) in [6.07, 6.45) is 1.81. The largest absolute Gasteiger partial charge is 0.496 e. The zero-order valence-corrected chi connectivity index (χ0v) is 15.5. The number of pyridine rings is 1. The van der Waals surface area contributed by atoms with E-state index in [0.29, 0.717) is 0 Å². The van der Waals surface area contributed by atoms with Crippen molar-refractivity contribution in [3.63, 3.8) is 0 Å². The minimum absolute atomic E-state index is 0.0210. The van der Waals surface area contributed by atoms with Crippen LogP contribution in [0.3, 0.4) is 0 Å². The van der Waals surface area contributed by atoms with Gasteiger partial charge in [-0.1, -0.05) is 24.6 Å². The highest BCUT2D eigenvalue weighted by Gasteiger charge is 2.21. The number of rotatable bonds is 5. The van der Waals surface area contributed by atoms with E-state index in [1.165, 1.54) is 5.56 Å². The van der Waals surface area contributed by atoms with Gasteiger partial charge in [-0.15, -0.1) is 0 Å². The number of ether oxygens (including phenoxy) is 1. The van der Waals surface area contributed by atoms with Crippen molar-refractivity contribution in [1.29, 1.82) is 0 Å². The summed E-state index contributed by atoms with van der Waals surface area (Å²) >= 11 is 7.05. The molecule has 2 aromatic rings. The molecule has 0 aliphatic heterocycles. The Balaban J connectivity index is 2.55. The van der Waals surface area contributed by atoms with Crippen LogP contribution in [0.25, 0.3) is 0 Å². The molecule has 1 aromatic heterocycles. The van der Waals surface area contributed by atoms with Crippen molar-refractivity contribution in [1.82, 2.24) is 10.3 Å². The summed E-state index contributed by atoms with van der Waals surface area (Å²) in [6.45, 7) is 5.00. The molecule has 0 aliphatic carbocycles. The van der Waals surface area contributed by atoms with E-state index in [0.717, 1.165) is 32.5 Å². The van der Waals surface area contributed by atoms with Gasteiger partial charge in [-0.05, 0) is 57.5 Å². The molecular weight excluding hydrogens is 396 g/mol. The van der Waals surface area contributed by atoms with Crippen molar-refractivity contribution in [3.8, 4) is 5.75 Å². The number of nitrogens with zero attached hydrogens (tertiary/aromatic N) is 1. The number of hydrogen-bond donors (Lipinski definition) is 1. The Morgan fingerprint density at radius 3 is 2.67 bits per heavy atom. The van der Waals surface area contributed by atoms with E-state index in [1.54, 1.807) is 7.11 Å². The normalized spacial score (nSPS) is 12.2. The first-order valence-corrected chi connectivity index (χ1v) is 8.34. The molecule has 0 bridgehead atoms. The first kappa shape index (κ1) is 16.5. The van der Waals surface area contributed by atoms with Crippen LogP contribution in [-0.4, -0.2) is 18.6 Å². The monoisotopic (exact) mass is 412 g/mol. The second-order valence-electron chi connectivity index (χ2n) is 4.76. The summed E-state index contributed by atoms with van der Waals surface area (Å²) in [5.74, 6) is 0.864. The molecule has 1 N–H and O–H groups in total. The van der Waals surface area contributed by atoms with E-state index in [9.17, 15) is 0 Å². The molecule has 3 nitrogen and oxygen atoms in total. The van der Waals surface area contributed by atoms with Gasteiger partial charge >= 0.3 is 0 Å². The number of halogens is 2. The van der Waals surface area contributed by atoms with E-state index in [4.69, 9.17) is 4.74 Å². The molecule has 2 rings (SSSR count). The topological polar surface area (TPSA) is 34.1 Å². The van der Waals surface area contributed by atoms with Gasteiger partial charge in [0.2, 0.25) is 0 Å². The molecule has 1 unspecified atom stereocenters. The molecule has 1 atom stereocenters. The first-order valence-electron chi connectivity index (χ1n) is 6.75. The average Bonchev–Trinajstić information content (AvgIpc) is 2.45. The van der Waals surface area contributed by atoms with Crippen LogP contribution in [0.1, 0.15) is 29.8 Å². The molecular formula is C16H18Br2N2O. The zero-order valence-electron chi connectivity index (χ0n) is 12.3. The fraction of sp³-hybridized carbons (Fsp3) is 0.312. The van der Waals surface area contributed by atoms with E-state index >= 15 is 0 Å². The molecule has 0 fully saturated rings. The second-order valence-corrected chi connectivity index (χ2v) is 6.53. The summed E-state index contributed by atoms with van der Waals surface area (Å²) in [5, 5.41) is 3.49. The Kier molecular flexibility index (Phi) is 5.79. The molecule has 112 valence electrons. The van der Waals surface area contributed by atoms with Gasteiger partial charge in [0.25, 0.3) is 0 Å². The SMILES string of the molecule is CCNC(c1cc(C)ccc1OC)c1ncc(Br)cc1Br. The number of benzene rings is 1. The Bertz CT molecular complexity index is 632. The highest BCUT2D eigenvalue weighted by atomic mass is 79.9. The van der Waals surface area contributed by atoms with E-state index < -0.39 is 0 Å². The lowest BCUT2D eigenvalue weighted by atomic mass is 9.99. The number of hydrogen-bond acceptors (Lipinski definition) is 3. The van der Waals surface area contributed by atoms with Gasteiger partial charge < -0.3 is 10.1 Å². The van der Waals surface area contributed by atoms with Crippen LogP contribution in [0.4, 0.5) is 0 Å². The summed E-state index contributed by atoms with van der Waals surface area (Å²) in [6, 6.07) is 8.18. The Labute approximate surface area is 142 Å². The molecule has 0 saturated carbocycles. The lowest BCUT2D eigenvalue weighted by Crippen LogP contribution is -2.24. The van der Waals surface area contributed by atoms with Crippen LogP contribution >= 0.6 is 31.9 Å². The van der Waals surface area contributed by atoms with E-state index in [-0.39, 0.29) is 6.04 Å². The van der Waals surface area contributed by atoms with Crippen molar-refractivity contribution in [2.24, 2.45) is 0 Å². The first-order chi connectivity index (χ1) is 10.1. The van der Waals surface area contributed by atoms with Crippen LogP contribution in [0.15, 0.2) is 39.4 Å². The van der Waals surface area contributed by atoms with Gasteiger partial charge in [-0.2, -0.15) is 0 Å². The summed E-state index contributed by atoms with van der Waals surface area (Å²) < 4.78 is 7.43. The molecule has 0 radical (unpaired) electrons. The van der Waals surface area contributed by atoms with Gasteiger partial charge in [-0.3, -0.25) is 4.98 Å². The minimum Gasteiger partial charge on any atom is -0.496 e. The van der Waals surface area contributed by atoms with E-state index in [2.05, 4.69) is 68.1 Å². The maximum absolute atomic E-state index is 5.52. The van der Waals surface area contributed by atoms with Crippen molar-refractivity contribution >= 4 is 31.9 Å². The lowest BCUT2D eigenvalue weighted by molar-refractivity contribution is 0.403. The molecule has 0 spiro atoms. The zero-order chi connectivity index (χ0) is 15.4. The molecule has 1 heterocycles. The average molecular weight is 414 g/mol. The van der Waals surface area contributed by atoms with Crippen LogP contribution in [0.5, 0.6) is 5.75 Å². The highest BCUT2D eigenvalue weighted by Crippen LogP contribution is 2.34. The predicted octanol–water partition coefficient (Wildman–Crippen LogP) is 4.62. The third-order valence-corrected chi connectivity index (χ3v) is 4.28. The molecule has 0 saturated heterocycles. The Morgan fingerprint density at radius 2 is 2.05 bits per heavy atom. The Morgan fingerprint density at radius 1 is 1.29 bits per heavy atom. The van der Waals surface area contributed by atoms with Gasteiger partial charge in [0.05, 0.1) is 18.8 Å². The fourth-order valence-electron chi connectivity index (χ4n) is 2.27. The van der Waals surface area contributed by atoms with Crippen molar-refractivity contribution in [2.75, 3.05) is 13.7 Å². The highest BCUT2D eigenvalue weighted by molar-refractivity contribution is 9.11. The molecule has 0 aliphatic rings. The third-order valence-electron chi connectivity index (χ3n) is 3.21. The molecule has 0 amide bonds. The van der Waals surface area contributed by atoms with Gasteiger partial charge in [0.15, 0.2) is 0 Å². The smallest absolute Gasteiger partial charge is 0.124 e. The third kappa shape index (κ3) is 3.84.